The molecule has 2 aromatic carbocycles. The van der Waals surface area contributed by atoms with Gasteiger partial charge in [-0.15, -0.1) is 5.06 Å². The molecule has 19 heteroatoms. The second kappa shape index (κ2) is 28.2. The van der Waals surface area contributed by atoms with E-state index in [1.165, 1.54) is 23.3 Å². The van der Waals surface area contributed by atoms with E-state index in [0.717, 1.165) is 71.1 Å². The minimum absolute atomic E-state index is 0.0476. The van der Waals surface area contributed by atoms with Crippen molar-refractivity contribution in [3.05, 3.63) is 100.0 Å². The molecule has 3 aliphatic heterocycles. The summed E-state index contributed by atoms with van der Waals surface area (Å²) in [7, 11) is 2.76. The Hall–Kier alpha value is -5.09. The third-order valence-electron chi connectivity index (χ3n) is 14.6. The summed E-state index contributed by atoms with van der Waals surface area (Å²) in [6.07, 6.45) is 12.5. The van der Waals surface area contributed by atoms with Crippen molar-refractivity contribution in [2.45, 2.75) is 102 Å². The number of quaternary nitrogens is 1. The van der Waals surface area contributed by atoms with Crippen molar-refractivity contribution in [2.24, 2.45) is 0 Å². The molecule has 18 nitrogen and oxygen atoms in total. The maximum Gasteiger partial charge on any atom is 0.333 e. The Morgan fingerprint density at radius 3 is 2.04 bits per heavy atom. The van der Waals surface area contributed by atoms with Gasteiger partial charge < -0.3 is 51.9 Å². The number of anilines is 1. The molecule has 1 saturated heterocycles. The Kier molecular flexibility index (Phi) is 22.4. The van der Waals surface area contributed by atoms with Crippen LogP contribution in [-0.4, -0.2) is 178 Å². The largest absolute Gasteiger partial charge is 0.744 e. The Balaban J connectivity index is 1.29. The number of rotatable bonds is 32. The van der Waals surface area contributed by atoms with E-state index < -0.39 is 33.3 Å². The number of carbonyl (C=O) groups is 3. The number of hydrogen-bond donors (Lipinski definition) is 0. The van der Waals surface area contributed by atoms with Gasteiger partial charge in [-0.2, -0.15) is 4.58 Å². The molecule has 0 aromatic heterocycles. The molecule has 77 heavy (non-hydrogen) atoms. The SMILES string of the molecule is COCCOCCOCCN1C(=CC=C2CCCC(C=CC3=[N+](CCOCCOCCOC)c4ccc(S(=O)(=O)[O-])cc4C3(C)C)=C2OCCC[N+](C)(C)CCCC(=O)ON2C(=O)CCC2=O)C(C)(C)c2cc(C)ccc21. The molecule has 1 aliphatic carbocycles. The minimum Gasteiger partial charge on any atom is -0.744 e. The zero-order valence-electron chi connectivity index (χ0n) is 46.9. The molecule has 4 aliphatic rings. The summed E-state index contributed by atoms with van der Waals surface area (Å²) < 4.78 is 80.1. The second-order valence-electron chi connectivity index (χ2n) is 21.5. The number of aryl methyl sites for hydroxylation is 1. The molecule has 0 atom stereocenters. The summed E-state index contributed by atoms with van der Waals surface area (Å²) in [5.74, 6) is -0.785. The van der Waals surface area contributed by atoms with Gasteiger partial charge in [0, 0.05) is 81.0 Å². The lowest BCUT2D eigenvalue weighted by molar-refractivity contribution is -0.890. The number of imide groups is 1. The summed E-state index contributed by atoms with van der Waals surface area (Å²) in [5, 5.41) is 0.593. The Labute approximate surface area is 456 Å². The molecule has 0 saturated carbocycles. The van der Waals surface area contributed by atoms with Crippen LogP contribution in [0.1, 0.15) is 95.8 Å². The van der Waals surface area contributed by atoms with Crippen molar-refractivity contribution in [3.63, 3.8) is 0 Å². The molecule has 2 amide bonds. The summed E-state index contributed by atoms with van der Waals surface area (Å²) >= 11 is 0. The van der Waals surface area contributed by atoms with Crippen LogP contribution >= 0.6 is 0 Å². The predicted molar refractivity (Wildman–Crippen MR) is 291 cm³/mol. The van der Waals surface area contributed by atoms with Crippen LogP contribution < -0.4 is 4.90 Å². The van der Waals surface area contributed by atoms with E-state index in [-0.39, 0.29) is 29.6 Å². The molecular weight excluding hydrogens is 1010 g/mol. The van der Waals surface area contributed by atoms with E-state index in [4.69, 9.17) is 38.0 Å². The molecule has 6 rings (SSSR count). The first kappa shape index (κ1) is 61.1. The van der Waals surface area contributed by atoms with Crippen molar-refractivity contribution in [1.82, 2.24) is 5.06 Å². The standard InChI is InChI=1S/C58H83N4O14S/c1-43-16-20-49-47(41-43)57(2,3)51(59(49)26-31-71-37-39-73-35-33-69-8)22-17-44-13-10-14-45(56(44)75-30-12-29-62(6,7)28-11-15-55(65)76-61-53(63)24-25-54(61)64)18-23-52-58(4,5)48-42-46(77(66,67)68)19-21-50(48)60(52)27-32-72-38-40-74-36-34-70-9/h16-23,41-42H,10-15,24-40H2,1-9H3/q+1. The number of allylic oxidation sites excluding steroid dienone is 7. The van der Waals surface area contributed by atoms with E-state index in [0.29, 0.717) is 115 Å². The maximum atomic E-state index is 12.6. The van der Waals surface area contributed by atoms with E-state index in [9.17, 15) is 27.4 Å². The van der Waals surface area contributed by atoms with Crippen LogP contribution in [0.5, 0.6) is 0 Å². The number of nitrogens with zero attached hydrogens (tertiary/aromatic N) is 4. The number of benzene rings is 2. The zero-order valence-corrected chi connectivity index (χ0v) is 47.8. The van der Waals surface area contributed by atoms with Crippen LogP contribution in [0.2, 0.25) is 0 Å². The predicted octanol–water partition coefficient (Wildman–Crippen LogP) is 7.11. The lowest BCUT2D eigenvalue weighted by Gasteiger charge is -2.30. The van der Waals surface area contributed by atoms with Gasteiger partial charge in [-0.05, 0) is 87.1 Å². The summed E-state index contributed by atoms with van der Waals surface area (Å²) in [4.78, 5) is 43.7. The van der Waals surface area contributed by atoms with Gasteiger partial charge in [0.25, 0.3) is 11.8 Å². The molecular formula is C58H83N4O14S+. The summed E-state index contributed by atoms with van der Waals surface area (Å²) in [6, 6.07) is 11.2. The summed E-state index contributed by atoms with van der Waals surface area (Å²) in [5.41, 5.74) is 8.28. The molecule has 0 spiro atoms. The first-order valence-corrected chi connectivity index (χ1v) is 28.4. The number of ether oxygens (including phenoxy) is 7. The van der Waals surface area contributed by atoms with E-state index >= 15 is 0 Å². The smallest absolute Gasteiger partial charge is 0.333 e. The van der Waals surface area contributed by atoms with Crippen LogP contribution in [0.15, 0.2) is 88.2 Å². The Morgan fingerprint density at radius 2 is 1.38 bits per heavy atom. The van der Waals surface area contributed by atoms with Crippen LogP contribution in [0.4, 0.5) is 11.4 Å². The van der Waals surface area contributed by atoms with Crippen LogP contribution in [0, 0.1) is 6.92 Å². The van der Waals surface area contributed by atoms with Crippen molar-refractivity contribution in [1.29, 1.82) is 0 Å². The number of carbonyl (C=O) groups excluding carboxylic acids is 3. The molecule has 0 bridgehead atoms. The van der Waals surface area contributed by atoms with Crippen LogP contribution in [-0.2, 0) is 73.3 Å². The highest BCUT2D eigenvalue weighted by atomic mass is 32.2. The Bertz CT molecular complexity index is 2650. The fourth-order valence-corrected chi connectivity index (χ4v) is 10.8. The average molecular weight is 1090 g/mol. The molecule has 2 aromatic rings. The van der Waals surface area contributed by atoms with Crippen LogP contribution in [0.3, 0.4) is 0 Å². The van der Waals surface area contributed by atoms with E-state index in [1.54, 1.807) is 20.3 Å². The lowest BCUT2D eigenvalue weighted by Crippen LogP contribution is -2.42. The summed E-state index contributed by atoms with van der Waals surface area (Å²) in [6.45, 7) is 18.3. The molecule has 1 fully saturated rings. The van der Waals surface area contributed by atoms with Gasteiger partial charge in [-0.25, -0.2) is 13.2 Å². The van der Waals surface area contributed by atoms with Gasteiger partial charge in [-0.3, -0.25) is 9.59 Å². The van der Waals surface area contributed by atoms with Gasteiger partial charge in [0.2, 0.25) is 5.69 Å². The van der Waals surface area contributed by atoms with Gasteiger partial charge in [0.05, 0.1) is 110 Å². The third-order valence-corrected chi connectivity index (χ3v) is 15.4. The number of fused-ring (bicyclic) bond motifs is 2. The Morgan fingerprint density at radius 1 is 0.740 bits per heavy atom. The quantitative estimate of drug-likeness (QED) is 0.0237. The fraction of sp³-hybridized carbons (Fsp3) is 0.586. The zero-order chi connectivity index (χ0) is 55.8. The molecule has 424 valence electrons. The molecule has 0 unspecified atom stereocenters. The average Bonchev–Trinajstić information content (AvgIpc) is 4.00. The first-order valence-electron chi connectivity index (χ1n) is 27.0. The van der Waals surface area contributed by atoms with Gasteiger partial charge in [0.1, 0.15) is 22.5 Å². The number of methoxy groups -OCH3 is 2. The topological polar surface area (TPSA) is 192 Å². The highest BCUT2D eigenvalue weighted by Gasteiger charge is 2.45. The molecule has 0 radical (unpaired) electrons. The minimum atomic E-state index is -4.71. The highest BCUT2D eigenvalue weighted by Crippen LogP contribution is 2.48. The fourth-order valence-electron chi connectivity index (χ4n) is 10.3. The van der Waals surface area contributed by atoms with Gasteiger partial charge in [0.15, 0.2) is 12.3 Å². The van der Waals surface area contributed by atoms with Crippen molar-refractivity contribution >= 4 is 45.0 Å². The van der Waals surface area contributed by atoms with Crippen molar-refractivity contribution < 1.29 is 74.4 Å². The van der Waals surface area contributed by atoms with Gasteiger partial charge in [-0.1, -0.05) is 37.6 Å². The normalized spacial score (nSPS) is 18.5. The third kappa shape index (κ3) is 16.5. The van der Waals surface area contributed by atoms with E-state index in [2.05, 4.69) is 86.8 Å². The first-order chi connectivity index (χ1) is 36.7. The van der Waals surface area contributed by atoms with Crippen molar-refractivity contribution in [2.75, 3.05) is 132 Å². The lowest BCUT2D eigenvalue weighted by atomic mass is 9.81. The van der Waals surface area contributed by atoms with E-state index in [1.807, 2.05) is 13.8 Å². The number of hydroxylamine groups is 2. The maximum absolute atomic E-state index is 12.6. The molecule has 3 heterocycles. The highest BCUT2D eigenvalue weighted by molar-refractivity contribution is 7.85. The second-order valence-corrected chi connectivity index (χ2v) is 22.9. The monoisotopic (exact) mass is 1090 g/mol. The number of hydrogen-bond acceptors (Lipinski definition) is 15. The van der Waals surface area contributed by atoms with Crippen molar-refractivity contribution in [3.8, 4) is 0 Å². The number of amides is 2. The molecule has 0 N–H and O–H groups in total. The van der Waals surface area contributed by atoms with Crippen LogP contribution in [0.25, 0.3) is 0 Å². The van der Waals surface area contributed by atoms with Gasteiger partial charge >= 0.3 is 5.97 Å².